The van der Waals surface area contributed by atoms with E-state index < -0.39 is 0 Å². The maximum Gasteiger partial charge on any atom is 0.250 e. The summed E-state index contributed by atoms with van der Waals surface area (Å²) < 4.78 is 4.95. The second-order valence-corrected chi connectivity index (χ2v) is 4.01. The van der Waals surface area contributed by atoms with E-state index in [1.54, 1.807) is 0 Å². The molecule has 3 nitrogen and oxygen atoms in total. The third kappa shape index (κ3) is 3.28. The average molecular weight is 253 g/mol. The molecule has 0 spiro atoms. The van der Waals surface area contributed by atoms with E-state index in [-0.39, 0.29) is 11.9 Å². The van der Waals surface area contributed by atoms with Crippen LogP contribution in [0.3, 0.4) is 0 Å². The Hall–Kier alpha value is -2.42. The first-order valence-electron chi connectivity index (χ1n) is 6.02. The van der Waals surface area contributed by atoms with E-state index in [0.717, 1.165) is 11.1 Å². The zero-order chi connectivity index (χ0) is 13.5. The molecule has 0 atom stereocenters. The fraction of sp³-hybridized carbons (Fsp3) is 0.125. The molecule has 0 aromatic heterocycles. The number of carbonyl (C=O) groups is 1. The quantitative estimate of drug-likeness (QED) is 0.477. The van der Waals surface area contributed by atoms with Gasteiger partial charge in [0.2, 0.25) is 6.29 Å². The molecule has 2 rings (SSSR count). The van der Waals surface area contributed by atoms with Crippen molar-refractivity contribution >= 4 is 12.2 Å². The Bertz CT molecular complexity index is 510. The van der Waals surface area contributed by atoms with Crippen molar-refractivity contribution in [3.63, 3.8) is 0 Å². The first-order valence-corrected chi connectivity index (χ1v) is 6.02. The summed E-state index contributed by atoms with van der Waals surface area (Å²) in [6.45, 7) is 0. The van der Waals surface area contributed by atoms with Crippen molar-refractivity contribution in [1.29, 1.82) is 0 Å². The topological polar surface area (TPSA) is 38.7 Å². The monoisotopic (exact) mass is 253 g/mol. The number of aldehydes is 1. The Kier molecular flexibility index (Phi) is 4.45. The lowest BCUT2D eigenvalue weighted by molar-refractivity contribution is -0.103. The summed E-state index contributed by atoms with van der Waals surface area (Å²) in [5, 5.41) is 0. The summed E-state index contributed by atoms with van der Waals surface area (Å²) in [4.78, 5) is 15.3. The Morgan fingerprint density at radius 1 is 1.00 bits per heavy atom. The van der Waals surface area contributed by atoms with Gasteiger partial charge in [-0.25, -0.2) is 4.99 Å². The van der Waals surface area contributed by atoms with E-state index in [1.165, 1.54) is 7.11 Å². The summed E-state index contributed by atoms with van der Waals surface area (Å²) in [6.07, 6.45) is 0.624. The summed E-state index contributed by atoms with van der Waals surface area (Å²) in [7, 11) is 1.44. The first kappa shape index (κ1) is 13.0. The third-order valence-electron chi connectivity index (χ3n) is 2.80. The first-order chi connectivity index (χ1) is 9.35. The van der Waals surface area contributed by atoms with Crippen molar-refractivity contribution in [2.24, 2.45) is 4.99 Å². The second-order valence-electron chi connectivity index (χ2n) is 4.01. The molecule has 3 heteroatoms. The van der Waals surface area contributed by atoms with Crippen molar-refractivity contribution in [1.82, 2.24) is 0 Å². The van der Waals surface area contributed by atoms with Gasteiger partial charge in [0, 0.05) is 0 Å². The molecule has 0 N–H and O–H groups in total. The Labute approximate surface area is 112 Å². The van der Waals surface area contributed by atoms with Crippen molar-refractivity contribution < 1.29 is 9.53 Å². The fourth-order valence-electron chi connectivity index (χ4n) is 1.87. The molecule has 0 unspecified atom stereocenters. The molecule has 96 valence electrons. The number of carbonyl (C=O) groups excluding carboxylic acids is 1. The molecule has 0 radical (unpaired) electrons. The predicted molar refractivity (Wildman–Crippen MR) is 75.2 cm³/mol. The number of aliphatic imine (C=N–C) groups is 1. The summed E-state index contributed by atoms with van der Waals surface area (Å²) in [5.74, 6) is 0.0951. The van der Waals surface area contributed by atoms with Gasteiger partial charge in [-0.3, -0.25) is 4.79 Å². The van der Waals surface area contributed by atoms with Crippen LogP contribution in [0.4, 0.5) is 0 Å². The van der Waals surface area contributed by atoms with Gasteiger partial charge in [-0.2, -0.15) is 0 Å². The van der Waals surface area contributed by atoms with Gasteiger partial charge in [-0.05, 0) is 11.1 Å². The molecular formula is C16H15NO2. The van der Waals surface area contributed by atoms with Crippen LogP contribution in [0.1, 0.15) is 17.2 Å². The van der Waals surface area contributed by atoms with Gasteiger partial charge in [0.1, 0.15) is 6.04 Å². The van der Waals surface area contributed by atoms with Crippen molar-refractivity contribution in [2.45, 2.75) is 6.04 Å². The van der Waals surface area contributed by atoms with Crippen LogP contribution in [0.25, 0.3) is 0 Å². The molecule has 0 saturated heterocycles. The largest absolute Gasteiger partial charge is 0.479 e. The van der Waals surface area contributed by atoms with Gasteiger partial charge in [-0.15, -0.1) is 0 Å². The fourth-order valence-corrected chi connectivity index (χ4v) is 1.87. The lowest BCUT2D eigenvalue weighted by Crippen LogP contribution is -2.07. The van der Waals surface area contributed by atoms with Crippen molar-refractivity contribution in [2.75, 3.05) is 7.11 Å². The number of hydrogen-bond donors (Lipinski definition) is 0. The van der Waals surface area contributed by atoms with E-state index in [9.17, 15) is 4.79 Å². The summed E-state index contributed by atoms with van der Waals surface area (Å²) in [5.41, 5.74) is 2.04. The minimum absolute atomic E-state index is 0.0951. The van der Waals surface area contributed by atoms with Gasteiger partial charge >= 0.3 is 0 Å². The molecular weight excluding hydrogens is 238 g/mol. The van der Waals surface area contributed by atoms with Crippen LogP contribution < -0.4 is 0 Å². The highest BCUT2D eigenvalue weighted by atomic mass is 16.5. The molecule has 0 fully saturated rings. The third-order valence-corrected chi connectivity index (χ3v) is 2.80. The highest BCUT2D eigenvalue weighted by molar-refractivity contribution is 6.23. The highest BCUT2D eigenvalue weighted by Gasteiger charge is 2.13. The summed E-state index contributed by atoms with van der Waals surface area (Å²) in [6, 6.07) is 19.4. The average Bonchev–Trinajstić information content (AvgIpc) is 2.50. The van der Waals surface area contributed by atoms with Gasteiger partial charge in [0.05, 0.1) is 7.11 Å². The van der Waals surface area contributed by atoms with Crippen LogP contribution in [0.15, 0.2) is 65.7 Å². The van der Waals surface area contributed by atoms with Gasteiger partial charge in [-0.1, -0.05) is 60.7 Å². The zero-order valence-corrected chi connectivity index (χ0v) is 10.7. The Morgan fingerprint density at radius 2 is 1.47 bits per heavy atom. The van der Waals surface area contributed by atoms with Crippen LogP contribution >= 0.6 is 0 Å². The number of rotatable bonds is 4. The predicted octanol–water partition coefficient (Wildman–Crippen LogP) is 3.02. The minimum atomic E-state index is -0.234. The lowest BCUT2D eigenvalue weighted by Gasteiger charge is -2.14. The van der Waals surface area contributed by atoms with Crippen LogP contribution in [0, 0.1) is 0 Å². The number of ether oxygens (including phenoxy) is 1. The van der Waals surface area contributed by atoms with Crippen molar-refractivity contribution in [3.05, 3.63) is 71.8 Å². The number of benzene rings is 2. The Morgan fingerprint density at radius 3 is 1.84 bits per heavy atom. The van der Waals surface area contributed by atoms with E-state index in [4.69, 9.17) is 4.74 Å². The lowest BCUT2D eigenvalue weighted by atomic mass is 9.99. The van der Waals surface area contributed by atoms with Gasteiger partial charge < -0.3 is 4.74 Å². The summed E-state index contributed by atoms with van der Waals surface area (Å²) >= 11 is 0. The van der Waals surface area contributed by atoms with Crippen LogP contribution in [-0.4, -0.2) is 19.3 Å². The number of nitrogens with zero attached hydrogens (tertiary/aromatic N) is 1. The molecule has 0 aliphatic rings. The molecule has 0 aliphatic heterocycles. The number of methoxy groups -OCH3 is 1. The smallest absolute Gasteiger partial charge is 0.250 e. The maximum absolute atomic E-state index is 10.9. The van der Waals surface area contributed by atoms with Gasteiger partial charge in [0.15, 0.2) is 0 Å². The molecule has 2 aromatic carbocycles. The molecule has 2 aromatic rings. The van der Waals surface area contributed by atoms with Crippen LogP contribution in [0.5, 0.6) is 0 Å². The van der Waals surface area contributed by atoms with Crippen LogP contribution in [-0.2, 0) is 9.53 Å². The minimum Gasteiger partial charge on any atom is -0.479 e. The zero-order valence-electron chi connectivity index (χ0n) is 10.7. The van der Waals surface area contributed by atoms with E-state index in [1.807, 2.05) is 60.7 Å². The van der Waals surface area contributed by atoms with E-state index >= 15 is 0 Å². The molecule has 0 saturated carbocycles. The van der Waals surface area contributed by atoms with E-state index in [2.05, 4.69) is 4.99 Å². The molecule has 0 heterocycles. The highest BCUT2D eigenvalue weighted by Crippen LogP contribution is 2.25. The Balaban J connectivity index is 2.45. The molecule has 0 aliphatic carbocycles. The molecule has 19 heavy (non-hydrogen) atoms. The maximum atomic E-state index is 10.9. The second kappa shape index (κ2) is 6.50. The van der Waals surface area contributed by atoms with Gasteiger partial charge in [0.25, 0.3) is 5.90 Å². The van der Waals surface area contributed by atoms with Crippen LogP contribution in [0.2, 0.25) is 0 Å². The number of hydrogen-bond acceptors (Lipinski definition) is 3. The normalized spacial score (nSPS) is 11.4. The van der Waals surface area contributed by atoms with E-state index in [0.29, 0.717) is 6.29 Å². The standard InChI is InChI=1S/C16H15NO2/c1-19-15(12-18)17-16(13-8-4-2-5-9-13)14-10-6-3-7-11-14/h2-12,16H,1H3. The molecule has 0 bridgehead atoms. The SMILES string of the molecule is COC(C=O)=NC(c1ccccc1)c1ccccc1. The van der Waals surface area contributed by atoms with Crippen molar-refractivity contribution in [3.8, 4) is 0 Å². The molecule has 0 amide bonds.